The van der Waals surface area contributed by atoms with Gasteiger partial charge in [-0.15, -0.1) is 0 Å². The van der Waals surface area contributed by atoms with Crippen LogP contribution in [0.25, 0.3) is 10.8 Å². The molecule has 2 aromatic rings. The van der Waals surface area contributed by atoms with Crippen LogP contribution in [0.15, 0.2) is 30.3 Å². The van der Waals surface area contributed by atoms with Gasteiger partial charge in [0.05, 0.1) is 0 Å². The Morgan fingerprint density at radius 1 is 1.16 bits per heavy atom. The molecule has 0 atom stereocenters. The van der Waals surface area contributed by atoms with E-state index in [2.05, 4.69) is 0 Å². The maximum absolute atomic E-state index is 11.4. The Hall–Kier alpha value is -1.50. The summed E-state index contributed by atoms with van der Waals surface area (Å²) < 4.78 is 0. The molecule has 100 valence electrons. The van der Waals surface area contributed by atoms with E-state index in [0.717, 1.165) is 5.39 Å². The first-order chi connectivity index (χ1) is 8.32. The molecule has 0 saturated heterocycles. The first kappa shape index (κ1) is 15.6. The third-order valence-corrected chi connectivity index (χ3v) is 3.04. The summed E-state index contributed by atoms with van der Waals surface area (Å²) in [5, 5.41) is 20.9. The Morgan fingerprint density at radius 2 is 1.74 bits per heavy atom. The van der Waals surface area contributed by atoms with Crippen molar-refractivity contribution in [2.75, 3.05) is 0 Å². The summed E-state index contributed by atoms with van der Waals surface area (Å²) in [6, 6.07) is 9.06. The van der Waals surface area contributed by atoms with Crippen LogP contribution in [0.5, 0.6) is 5.75 Å². The van der Waals surface area contributed by atoms with Gasteiger partial charge in [-0.1, -0.05) is 45.0 Å². The molecule has 0 radical (unpaired) electrons. The largest absolute Gasteiger partial charge is 0.507 e. The van der Waals surface area contributed by atoms with Crippen molar-refractivity contribution in [3.8, 4) is 5.75 Å². The Kier molecular flexibility index (Phi) is 4.29. The number of carboxylic acid groups (broad SMARTS) is 1. The zero-order chi connectivity index (χ0) is 13.5. The fraction of sp³-hybridized carbons (Fsp3) is 0.267. The van der Waals surface area contributed by atoms with Gasteiger partial charge in [0.15, 0.2) is 0 Å². The zero-order valence-corrected chi connectivity index (χ0v) is 12.4. The molecule has 2 N–H and O–H groups in total. The molecule has 19 heavy (non-hydrogen) atoms. The summed E-state index contributed by atoms with van der Waals surface area (Å²) in [6.07, 6.45) is 0. The molecule has 0 amide bonds. The van der Waals surface area contributed by atoms with Crippen LogP contribution < -0.4 is 0 Å². The summed E-state index contributed by atoms with van der Waals surface area (Å²) >= 11 is 0. The van der Waals surface area contributed by atoms with E-state index in [9.17, 15) is 15.0 Å². The van der Waals surface area contributed by atoms with Crippen LogP contribution in [0.3, 0.4) is 0 Å². The quantitative estimate of drug-likeness (QED) is 0.846. The van der Waals surface area contributed by atoms with E-state index in [4.69, 9.17) is 0 Å². The average molecular weight is 296 g/mol. The molecule has 0 aromatic heterocycles. The standard InChI is InChI=1S/C15H16O3.Cr/c1-15(2,3)11-8-9-6-4-5-7-10(9)12(13(11)16)14(17)18;/h4-8,16H,1-3H3,(H,17,18);. The normalized spacial score (nSPS) is 11.1. The van der Waals surface area contributed by atoms with Gasteiger partial charge in [-0.2, -0.15) is 0 Å². The second-order valence-corrected chi connectivity index (χ2v) is 5.42. The van der Waals surface area contributed by atoms with Gasteiger partial charge in [-0.05, 0) is 22.3 Å². The molecule has 0 unspecified atom stereocenters. The molecule has 0 fully saturated rings. The number of hydrogen-bond donors (Lipinski definition) is 2. The number of rotatable bonds is 1. The Morgan fingerprint density at radius 3 is 2.26 bits per heavy atom. The summed E-state index contributed by atoms with van der Waals surface area (Å²) in [4.78, 5) is 11.4. The van der Waals surface area contributed by atoms with E-state index in [0.29, 0.717) is 10.9 Å². The van der Waals surface area contributed by atoms with Gasteiger partial charge in [0.1, 0.15) is 11.3 Å². The van der Waals surface area contributed by atoms with E-state index in [1.54, 1.807) is 12.1 Å². The molecular weight excluding hydrogens is 280 g/mol. The summed E-state index contributed by atoms with van der Waals surface area (Å²) in [6.45, 7) is 5.84. The molecule has 2 rings (SSSR count). The summed E-state index contributed by atoms with van der Waals surface area (Å²) in [5.74, 6) is -1.23. The molecule has 2 aromatic carbocycles. The zero-order valence-electron chi connectivity index (χ0n) is 11.1. The first-order valence-electron chi connectivity index (χ1n) is 5.81. The van der Waals surface area contributed by atoms with Crippen LogP contribution in [0, 0.1) is 0 Å². The van der Waals surface area contributed by atoms with Crippen LogP contribution in [-0.2, 0) is 22.8 Å². The van der Waals surface area contributed by atoms with Crippen molar-refractivity contribution < 1.29 is 32.4 Å². The number of carboxylic acids is 1. The second kappa shape index (κ2) is 5.24. The van der Waals surface area contributed by atoms with Crippen LogP contribution in [0.2, 0.25) is 0 Å². The van der Waals surface area contributed by atoms with Crippen molar-refractivity contribution in [2.24, 2.45) is 0 Å². The monoisotopic (exact) mass is 296 g/mol. The van der Waals surface area contributed by atoms with Crippen LogP contribution in [-0.4, -0.2) is 16.2 Å². The maximum Gasteiger partial charge on any atom is 0.340 e. The van der Waals surface area contributed by atoms with Crippen LogP contribution in [0.4, 0.5) is 0 Å². The van der Waals surface area contributed by atoms with E-state index in [1.165, 1.54) is 0 Å². The summed E-state index contributed by atoms with van der Waals surface area (Å²) in [5.41, 5.74) is 0.329. The number of phenols is 1. The number of hydrogen-bond acceptors (Lipinski definition) is 2. The Labute approximate surface area is 123 Å². The molecular formula is C15H16CrO3. The minimum absolute atomic E-state index is 0. The molecule has 0 heterocycles. The van der Waals surface area contributed by atoms with Gasteiger partial charge in [0.2, 0.25) is 0 Å². The Bertz CT molecular complexity index is 627. The van der Waals surface area contributed by atoms with Gasteiger partial charge in [-0.3, -0.25) is 0 Å². The van der Waals surface area contributed by atoms with E-state index >= 15 is 0 Å². The minimum Gasteiger partial charge on any atom is -0.507 e. The van der Waals surface area contributed by atoms with Gasteiger partial charge in [-0.25, -0.2) is 4.79 Å². The van der Waals surface area contributed by atoms with Crippen LogP contribution in [0.1, 0.15) is 36.7 Å². The van der Waals surface area contributed by atoms with Crippen molar-refractivity contribution in [2.45, 2.75) is 26.2 Å². The Balaban J connectivity index is 0.00000180. The SMILES string of the molecule is CC(C)(C)c1cc2ccccc2c(C(=O)O)c1O.[Cr]. The van der Waals surface area contributed by atoms with Crippen molar-refractivity contribution in [3.63, 3.8) is 0 Å². The average Bonchev–Trinajstić information content (AvgIpc) is 2.26. The second-order valence-electron chi connectivity index (χ2n) is 5.42. The number of fused-ring (bicyclic) bond motifs is 1. The predicted octanol–water partition coefficient (Wildman–Crippen LogP) is 3.54. The topological polar surface area (TPSA) is 57.5 Å². The molecule has 0 aliphatic carbocycles. The third kappa shape index (κ3) is 2.75. The number of benzene rings is 2. The first-order valence-corrected chi connectivity index (χ1v) is 5.81. The van der Waals surface area contributed by atoms with Crippen molar-refractivity contribution in [3.05, 3.63) is 41.5 Å². The van der Waals surface area contributed by atoms with Crippen LogP contribution >= 0.6 is 0 Å². The van der Waals surface area contributed by atoms with Crippen molar-refractivity contribution in [1.82, 2.24) is 0 Å². The van der Waals surface area contributed by atoms with Gasteiger partial charge < -0.3 is 10.2 Å². The van der Waals surface area contributed by atoms with Crippen molar-refractivity contribution in [1.29, 1.82) is 0 Å². The fourth-order valence-electron chi connectivity index (χ4n) is 2.12. The maximum atomic E-state index is 11.4. The fourth-order valence-corrected chi connectivity index (χ4v) is 2.12. The number of aromatic carboxylic acids is 1. The molecule has 0 bridgehead atoms. The predicted molar refractivity (Wildman–Crippen MR) is 71.3 cm³/mol. The smallest absolute Gasteiger partial charge is 0.340 e. The summed E-state index contributed by atoms with van der Waals surface area (Å²) in [7, 11) is 0. The number of carbonyl (C=O) groups is 1. The van der Waals surface area contributed by atoms with Gasteiger partial charge in [0.25, 0.3) is 0 Å². The van der Waals surface area contributed by atoms with E-state index < -0.39 is 5.97 Å². The molecule has 0 spiro atoms. The minimum atomic E-state index is -1.10. The van der Waals surface area contributed by atoms with Gasteiger partial charge >= 0.3 is 5.97 Å². The molecule has 0 aliphatic heterocycles. The molecule has 3 nitrogen and oxygen atoms in total. The number of aromatic hydroxyl groups is 1. The third-order valence-electron chi connectivity index (χ3n) is 3.04. The molecule has 0 aliphatic rings. The van der Waals surface area contributed by atoms with Gasteiger partial charge in [0, 0.05) is 22.9 Å². The van der Waals surface area contributed by atoms with Crippen molar-refractivity contribution >= 4 is 16.7 Å². The van der Waals surface area contributed by atoms with E-state index in [-0.39, 0.29) is 34.1 Å². The molecule has 0 saturated carbocycles. The van der Waals surface area contributed by atoms with E-state index in [1.807, 2.05) is 39.0 Å². The molecule has 4 heteroatoms.